The van der Waals surface area contributed by atoms with E-state index in [4.69, 9.17) is 10.5 Å². The first-order valence-corrected chi connectivity index (χ1v) is 8.11. The van der Waals surface area contributed by atoms with Gasteiger partial charge in [-0.1, -0.05) is 55.8 Å². The zero-order valence-corrected chi connectivity index (χ0v) is 13.3. The first kappa shape index (κ1) is 16.5. The largest absolute Gasteiger partial charge is 0.465 e. The molecule has 2 aromatic carbocycles. The molecule has 22 heavy (non-hydrogen) atoms. The number of ether oxygens (including phenoxy) is 1. The van der Waals surface area contributed by atoms with Crippen LogP contribution in [0.5, 0.6) is 0 Å². The molecule has 2 N–H and O–H groups in total. The second-order valence-corrected chi connectivity index (χ2v) is 5.66. The van der Waals surface area contributed by atoms with Crippen LogP contribution in [0.4, 0.5) is 0 Å². The number of benzene rings is 2. The number of aryl methyl sites for hydroxylation is 1. The molecule has 0 heterocycles. The van der Waals surface area contributed by atoms with E-state index in [-0.39, 0.29) is 5.97 Å². The number of unbranched alkanes of at least 4 members (excludes halogenated alkanes) is 1. The van der Waals surface area contributed by atoms with Crippen LogP contribution in [0.25, 0.3) is 10.8 Å². The van der Waals surface area contributed by atoms with Crippen LogP contribution in [0.1, 0.15) is 38.2 Å². The maximum atomic E-state index is 11.7. The number of hydrogen-bond donors (Lipinski definition) is 1. The van der Waals surface area contributed by atoms with Crippen molar-refractivity contribution in [3.05, 3.63) is 48.0 Å². The zero-order valence-electron chi connectivity index (χ0n) is 13.3. The molecule has 0 aliphatic rings. The van der Waals surface area contributed by atoms with E-state index in [9.17, 15) is 4.79 Å². The molecule has 2 aromatic rings. The van der Waals surface area contributed by atoms with Crippen LogP contribution in [0.2, 0.25) is 0 Å². The highest BCUT2D eigenvalue weighted by molar-refractivity contribution is 5.85. The summed E-state index contributed by atoms with van der Waals surface area (Å²) in [5.74, 6) is -0.272. The molecule has 3 nitrogen and oxygen atoms in total. The van der Waals surface area contributed by atoms with Crippen molar-refractivity contribution in [1.82, 2.24) is 0 Å². The van der Waals surface area contributed by atoms with Crippen molar-refractivity contribution in [3.63, 3.8) is 0 Å². The standard InChI is InChI=1S/C19H25NO2/c1-2-3-14-22-19(21)18(20)13-7-11-16-10-6-9-15-8-4-5-12-17(15)16/h4-6,8-10,12,18H,2-3,7,11,13-14,20H2,1H3. The van der Waals surface area contributed by atoms with Crippen molar-refractivity contribution in [2.45, 2.75) is 45.1 Å². The normalized spacial score (nSPS) is 12.3. The number of nitrogens with two attached hydrogens (primary N) is 1. The van der Waals surface area contributed by atoms with Crippen LogP contribution in [-0.2, 0) is 16.0 Å². The molecular weight excluding hydrogens is 274 g/mol. The van der Waals surface area contributed by atoms with Gasteiger partial charge in [-0.2, -0.15) is 0 Å². The number of esters is 1. The zero-order chi connectivity index (χ0) is 15.8. The van der Waals surface area contributed by atoms with Gasteiger partial charge < -0.3 is 10.5 Å². The number of carbonyl (C=O) groups is 1. The average Bonchev–Trinajstić information content (AvgIpc) is 2.55. The van der Waals surface area contributed by atoms with Crippen molar-refractivity contribution in [2.75, 3.05) is 6.61 Å². The summed E-state index contributed by atoms with van der Waals surface area (Å²) in [6, 6.07) is 14.2. The van der Waals surface area contributed by atoms with Crippen molar-refractivity contribution in [2.24, 2.45) is 5.73 Å². The summed E-state index contributed by atoms with van der Waals surface area (Å²) in [5, 5.41) is 2.53. The van der Waals surface area contributed by atoms with E-state index in [1.165, 1.54) is 16.3 Å². The Kier molecular flexibility index (Phi) is 6.41. The van der Waals surface area contributed by atoms with Crippen LogP contribution in [-0.4, -0.2) is 18.6 Å². The molecular formula is C19H25NO2. The Morgan fingerprint density at radius 1 is 1.14 bits per heavy atom. The van der Waals surface area contributed by atoms with Crippen LogP contribution in [0.15, 0.2) is 42.5 Å². The third-order valence-electron chi connectivity index (χ3n) is 3.89. The van der Waals surface area contributed by atoms with Gasteiger partial charge in [0.1, 0.15) is 6.04 Å². The summed E-state index contributed by atoms with van der Waals surface area (Å²) in [5.41, 5.74) is 7.21. The molecule has 0 fully saturated rings. The van der Waals surface area contributed by atoms with Gasteiger partial charge in [0.15, 0.2) is 0 Å². The monoisotopic (exact) mass is 299 g/mol. The minimum absolute atomic E-state index is 0.272. The molecule has 0 radical (unpaired) electrons. The van der Waals surface area contributed by atoms with Crippen molar-refractivity contribution in [1.29, 1.82) is 0 Å². The van der Waals surface area contributed by atoms with Gasteiger partial charge in [-0.3, -0.25) is 4.79 Å². The Balaban J connectivity index is 1.83. The Hall–Kier alpha value is -1.87. The lowest BCUT2D eigenvalue weighted by molar-refractivity contribution is -0.145. The topological polar surface area (TPSA) is 52.3 Å². The second-order valence-electron chi connectivity index (χ2n) is 5.66. The van der Waals surface area contributed by atoms with E-state index in [1.54, 1.807) is 0 Å². The molecule has 0 aliphatic carbocycles. The van der Waals surface area contributed by atoms with Crippen molar-refractivity contribution in [3.8, 4) is 0 Å². The van der Waals surface area contributed by atoms with Gasteiger partial charge in [-0.15, -0.1) is 0 Å². The van der Waals surface area contributed by atoms with Crippen LogP contribution in [0.3, 0.4) is 0 Å². The molecule has 1 unspecified atom stereocenters. The van der Waals surface area contributed by atoms with Gasteiger partial charge >= 0.3 is 5.97 Å². The molecule has 2 rings (SSSR count). The summed E-state index contributed by atoms with van der Waals surface area (Å²) < 4.78 is 5.15. The van der Waals surface area contributed by atoms with E-state index >= 15 is 0 Å². The SMILES string of the molecule is CCCCOC(=O)C(N)CCCc1cccc2ccccc12. The Labute approximate surface area is 132 Å². The number of rotatable bonds is 8. The molecule has 0 saturated heterocycles. The van der Waals surface area contributed by atoms with Gasteiger partial charge in [0.25, 0.3) is 0 Å². The highest BCUT2D eigenvalue weighted by Gasteiger charge is 2.14. The molecule has 1 atom stereocenters. The molecule has 0 aromatic heterocycles. The lowest BCUT2D eigenvalue weighted by Crippen LogP contribution is -2.32. The van der Waals surface area contributed by atoms with Gasteiger partial charge in [-0.25, -0.2) is 0 Å². The summed E-state index contributed by atoms with van der Waals surface area (Å²) in [6.07, 6.45) is 4.39. The highest BCUT2D eigenvalue weighted by Crippen LogP contribution is 2.20. The minimum Gasteiger partial charge on any atom is -0.465 e. The summed E-state index contributed by atoms with van der Waals surface area (Å²) in [7, 11) is 0. The fraction of sp³-hybridized carbons (Fsp3) is 0.421. The molecule has 0 saturated carbocycles. The number of hydrogen-bond acceptors (Lipinski definition) is 3. The molecule has 3 heteroatoms. The van der Waals surface area contributed by atoms with Crippen molar-refractivity contribution < 1.29 is 9.53 Å². The summed E-state index contributed by atoms with van der Waals surface area (Å²) in [6.45, 7) is 2.55. The Morgan fingerprint density at radius 2 is 1.91 bits per heavy atom. The smallest absolute Gasteiger partial charge is 0.322 e. The third kappa shape index (κ3) is 4.57. The van der Waals surface area contributed by atoms with E-state index in [1.807, 2.05) is 6.07 Å². The fourth-order valence-corrected chi connectivity index (χ4v) is 2.56. The van der Waals surface area contributed by atoms with E-state index in [0.29, 0.717) is 13.0 Å². The quantitative estimate of drug-likeness (QED) is 0.595. The molecule has 0 spiro atoms. The van der Waals surface area contributed by atoms with E-state index in [0.717, 1.165) is 25.7 Å². The third-order valence-corrected chi connectivity index (χ3v) is 3.89. The van der Waals surface area contributed by atoms with Crippen LogP contribution in [0, 0.1) is 0 Å². The lowest BCUT2D eigenvalue weighted by atomic mass is 9.99. The molecule has 0 aliphatic heterocycles. The fourth-order valence-electron chi connectivity index (χ4n) is 2.56. The first-order valence-electron chi connectivity index (χ1n) is 8.11. The summed E-state index contributed by atoms with van der Waals surface area (Å²) >= 11 is 0. The maximum absolute atomic E-state index is 11.7. The van der Waals surface area contributed by atoms with Gasteiger partial charge in [0.05, 0.1) is 6.61 Å². The Bertz CT molecular complexity index is 604. The molecule has 0 amide bonds. The summed E-state index contributed by atoms with van der Waals surface area (Å²) in [4.78, 5) is 11.7. The average molecular weight is 299 g/mol. The second kappa shape index (κ2) is 8.54. The predicted molar refractivity (Wildman–Crippen MR) is 90.7 cm³/mol. The van der Waals surface area contributed by atoms with E-state index < -0.39 is 6.04 Å². The van der Waals surface area contributed by atoms with Crippen LogP contribution >= 0.6 is 0 Å². The van der Waals surface area contributed by atoms with Crippen LogP contribution < -0.4 is 5.73 Å². The Morgan fingerprint density at radius 3 is 2.73 bits per heavy atom. The van der Waals surface area contributed by atoms with Crippen molar-refractivity contribution >= 4 is 16.7 Å². The van der Waals surface area contributed by atoms with E-state index in [2.05, 4.69) is 43.3 Å². The minimum atomic E-state index is -0.508. The molecule has 0 bridgehead atoms. The van der Waals surface area contributed by atoms with Gasteiger partial charge in [0, 0.05) is 0 Å². The first-order chi connectivity index (χ1) is 10.7. The maximum Gasteiger partial charge on any atom is 0.322 e. The lowest BCUT2D eigenvalue weighted by Gasteiger charge is -2.12. The predicted octanol–water partition coefficient (Wildman–Crippen LogP) is 3.83. The number of fused-ring (bicyclic) bond motifs is 1. The van der Waals surface area contributed by atoms with Gasteiger partial charge in [0.2, 0.25) is 0 Å². The number of carbonyl (C=O) groups excluding carboxylic acids is 1. The highest BCUT2D eigenvalue weighted by atomic mass is 16.5. The van der Waals surface area contributed by atoms with Gasteiger partial charge in [-0.05, 0) is 42.0 Å². The molecule has 118 valence electrons.